The second kappa shape index (κ2) is 9.54. The lowest BCUT2D eigenvalue weighted by Crippen LogP contribution is -2.48. The Kier molecular flexibility index (Phi) is 7.40. The molecule has 1 aromatic heterocycles. The summed E-state index contributed by atoms with van der Waals surface area (Å²) in [5, 5.41) is 3.91. The van der Waals surface area contributed by atoms with E-state index in [1.165, 1.54) is 0 Å². The minimum absolute atomic E-state index is 0. The molecule has 1 fully saturated rings. The molecule has 0 radical (unpaired) electrons. The summed E-state index contributed by atoms with van der Waals surface area (Å²) in [6.07, 6.45) is 0. The SMILES string of the molecule is COc1ccc(C(=O)N2CCN(Cc3noc(CN)n3)CC2)c(OC)c1.Cl. The number of carbonyl (C=O) groups excluding carboxylic acids is 1. The lowest BCUT2D eigenvalue weighted by atomic mass is 10.1. The van der Waals surface area contributed by atoms with Crippen molar-refractivity contribution in [2.45, 2.75) is 13.1 Å². The maximum absolute atomic E-state index is 12.8. The molecule has 3 rings (SSSR count). The Morgan fingerprint density at radius 3 is 2.56 bits per heavy atom. The molecule has 2 heterocycles. The number of benzene rings is 1. The van der Waals surface area contributed by atoms with E-state index in [0.717, 1.165) is 13.1 Å². The van der Waals surface area contributed by atoms with Gasteiger partial charge in [-0.15, -0.1) is 12.4 Å². The van der Waals surface area contributed by atoms with Gasteiger partial charge in [0.15, 0.2) is 5.82 Å². The van der Waals surface area contributed by atoms with Crippen molar-refractivity contribution in [3.63, 3.8) is 0 Å². The highest BCUT2D eigenvalue weighted by atomic mass is 35.5. The van der Waals surface area contributed by atoms with Crippen molar-refractivity contribution in [1.29, 1.82) is 0 Å². The van der Waals surface area contributed by atoms with Crippen LogP contribution in [-0.4, -0.2) is 66.2 Å². The number of methoxy groups -OCH3 is 2. The minimum Gasteiger partial charge on any atom is -0.497 e. The first-order chi connectivity index (χ1) is 12.6. The number of nitrogens with two attached hydrogens (primary N) is 1. The van der Waals surface area contributed by atoms with Gasteiger partial charge in [-0.1, -0.05) is 5.16 Å². The molecule has 1 saturated heterocycles. The molecule has 0 aliphatic carbocycles. The summed E-state index contributed by atoms with van der Waals surface area (Å²) in [6, 6.07) is 5.21. The molecule has 0 unspecified atom stereocenters. The molecule has 0 saturated carbocycles. The van der Waals surface area contributed by atoms with E-state index in [1.807, 2.05) is 4.90 Å². The van der Waals surface area contributed by atoms with Crippen LogP contribution in [0.5, 0.6) is 11.5 Å². The molecule has 2 N–H and O–H groups in total. The average Bonchev–Trinajstić information content (AvgIpc) is 3.15. The molecule has 1 aliphatic rings. The molecule has 9 nitrogen and oxygen atoms in total. The molecule has 2 aromatic rings. The van der Waals surface area contributed by atoms with Gasteiger partial charge >= 0.3 is 0 Å². The van der Waals surface area contributed by atoms with E-state index in [4.69, 9.17) is 19.7 Å². The first-order valence-electron chi connectivity index (χ1n) is 8.39. The number of piperazine rings is 1. The van der Waals surface area contributed by atoms with E-state index in [1.54, 1.807) is 32.4 Å². The van der Waals surface area contributed by atoms with E-state index >= 15 is 0 Å². The number of hydrogen-bond acceptors (Lipinski definition) is 8. The lowest BCUT2D eigenvalue weighted by molar-refractivity contribution is 0.0621. The molecular formula is C17H24ClN5O4. The third kappa shape index (κ3) is 4.88. The van der Waals surface area contributed by atoms with Gasteiger partial charge in [-0.25, -0.2) is 0 Å². The fraction of sp³-hybridized carbons (Fsp3) is 0.471. The number of nitrogens with zero attached hydrogens (tertiary/aromatic N) is 4. The topological polar surface area (TPSA) is 107 Å². The van der Waals surface area contributed by atoms with Crippen molar-refractivity contribution in [3.8, 4) is 11.5 Å². The molecule has 0 bridgehead atoms. The van der Waals surface area contributed by atoms with Crippen LogP contribution in [0.1, 0.15) is 22.1 Å². The summed E-state index contributed by atoms with van der Waals surface area (Å²) in [5.41, 5.74) is 6.01. The van der Waals surface area contributed by atoms with Gasteiger partial charge in [-0.05, 0) is 12.1 Å². The Morgan fingerprint density at radius 1 is 1.22 bits per heavy atom. The van der Waals surface area contributed by atoms with Crippen LogP contribution in [0.15, 0.2) is 22.7 Å². The van der Waals surface area contributed by atoms with Crippen LogP contribution in [0.2, 0.25) is 0 Å². The van der Waals surface area contributed by atoms with Gasteiger partial charge in [0.05, 0.1) is 32.9 Å². The normalized spacial score (nSPS) is 14.6. The predicted octanol–water partition coefficient (Wildman–Crippen LogP) is 0.925. The Bertz CT molecular complexity index is 762. The molecule has 10 heteroatoms. The van der Waals surface area contributed by atoms with Crippen molar-refractivity contribution < 1.29 is 18.8 Å². The van der Waals surface area contributed by atoms with E-state index in [2.05, 4.69) is 15.0 Å². The molecule has 148 valence electrons. The van der Waals surface area contributed by atoms with Crippen molar-refractivity contribution in [1.82, 2.24) is 19.9 Å². The highest BCUT2D eigenvalue weighted by Crippen LogP contribution is 2.26. The summed E-state index contributed by atoms with van der Waals surface area (Å²) in [7, 11) is 3.12. The van der Waals surface area contributed by atoms with E-state index in [9.17, 15) is 4.79 Å². The first kappa shape index (κ1) is 20.9. The van der Waals surface area contributed by atoms with Gasteiger partial charge in [-0.2, -0.15) is 4.98 Å². The van der Waals surface area contributed by atoms with Gasteiger partial charge in [-0.3, -0.25) is 9.69 Å². The zero-order valence-electron chi connectivity index (χ0n) is 15.4. The van der Waals surface area contributed by atoms with Gasteiger partial charge < -0.3 is 24.6 Å². The maximum atomic E-state index is 12.8. The fourth-order valence-electron chi connectivity index (χ4n) is 2.89. The Balaban J connectivity index is 0.00000261. The van der Waals surface area contributed by atoms with Crippen LogP contribution in [0.25, 0.3) is 0 Å². The molecule has 1 aliphatic heterocycles. The summed E-state index contributed by atoms with van der Waals surface area (Å²) in [6.45, 7) is 3.52. The van der Waals surface area contributed by atoms with Gasteiger partial charge in [0.25, 0.3) is 5.91 Å². The van der Waals surface area contributed by atoms with Crippen LogP contribution in [0, 0.1) is 0 Å². The third-order valence-electron chi connectivity index (χ3n) is 4.35. The Labute approximate surface area is 163 Å². The molecule has 0 spiro atoms. The highest BCUT2D eigenvalue weighted by molar-refractivity contribution is 5.97. The summed E-state index contributed by atoms with van der Waals surface area (Å²) in [4.78, 5) is 21.0. The number of aromatic nitrogens is 2. The van der Waals surface area contributed by atoms with Crippen molar-refractivity contribution >= 4 is 18.3 Å². The number of amides is 1. The zero-order chi connectivity index (χ0) is 18.5. The number of halogens is 1. The number of hydrogen-bond donors (Lipinski definition) is 1. The number of rotatable bonds is 6. The van der Waals surface area contributed by atoms with Crippen LogP contribution in [0.4, 0.5) is 0 Å². The van der Waals surface area contributed by atoms with Crippen molar-refractivity contribution in [2.75, 3.05) is 40.4 Å². The third-order valence-corrected chi connectivity index (χ3v) is 4.35. The lowest BCUT2D eigenvalue weighted by Gasteiger charge is -2.34. The van der Waals surface area contributed by atoms with Crippen LogP contribution in [0.3, 0.4) is 0 Å². The standard InChI is InChI=1S/C17H23N5O4.ClH/c1-24-12-3-4-13(14(9-12)25-2)17(23)22-7-5-21(6-8-22)11-15-19-16(10-18)26-20-15;/h3-4,9H,5-8,10-11,18H2,1-2H3;1H. The molecule has 27 heavy (non-hydrogen) atoms. The molecule has 0 atom stereocenters. The molecular weight excluding hydrogens is 374 g/mol. The van der Waals surface area contributed by atoms with Crippen molar-refractivity contribution in [3.05, 3.63) is 35.5 Å². The maximum Gasteiger partial charge on any atom is 0.257 e. The predicted molar refractivity (Wildman–Crippen MR) is 100 cm³/mol. The number of carbonyl (C=O) groups is 1. The molecule has 1 aromatic carbocycles. The zero-order valence-corrected chi connectivity index (χ0v) is 16.2. The number of ether oxygens (including phenoxy) is 2. The van der Waals surface area contributed by atoms with Gasteiger partial charge in [0.1, 0.15) is 11.5 Å². The summed E-state index contributed by atoms with van der Waals surface area (Å²) in [5.74, 6) is 2.16. The Morgan fingerprint density at radius 2 is 1.96 bits per heavy atom. The first-order valence-corrected chi connectivity index (χ1v) is 8.39. The molecule has 1 amide bonds. The fourth-order valence-corrected chi connectivity index (χ4v) is 2.89. The smallest absolute Gasteiger partial charge is 0.257 e. The Hall–Kier alpha value is -2.36. The van der Waals surface area contributed by atoms with E-state index < -0.39 is 0 Å². The minimum atomic E-state index is -0.0471. The largest absolute Gasteiger partial charge is 0.497 e. The van der Waals surface area contributed by atoms with Crippen LogP contribution >= 0.6 is 12.4 Å². The quantitative estimate of drug-likeness (QED) is 0.766. The van der Waals surface area contributed by atoms with Crippen molar-refractivity contribution in [2.24, 2.45) is 5.73 Å². The summed E-state index contributed by atoms with van der Waals surface area (Å²) < 4.78 is 15.5. The monoisotopic (exact) mass is 397 g/mol. The van der Waals surface area contributed by atoms with Crippen LogP contribution in [-0.2, 0) is 13.1 Å². The van der Waals surface area contributed by atoms with E-state index in [0.29, 0.717) is 48.4 Å². The van der Waals surface area contributed by atoms with E-state index in [-0.39, 0.29) is 24.9 Å². The average molecular weight is 398 g/mol. The van der Waals surface area contributed by atoms with Gasteiger partial charge in [0, 0.05) is 32.2 Å². The summed E-state index contributed by atoms with van der Waals surface area (Å²) >= 11 is 0. The van der Waals surface area contributed by atoms with Gasteiger partial charge in [0.2, 0.25) is 5.89 Å². The second-order valence-corrected chi connectivity index (χ2v) is 5.94. The van der Waals surface area contributed by atoms with Crippen LogP contribution < -0.4 is 15.2 Å². The highest BCUT2D eigenvalue weighted by Gasteiger charge is 2.25. The second-order valence-electron chi connectivity index (χ2n) is 5.94.